The van der Waals surface area contributed by atoms with Gasteiger partial charge in [0.2, 0.25) is 5.82 Å². The summed E-state index contributed by atoms with van der Waals surface area (Å²) in [6.07, 6.45) is 1.65. The number of para-hydroxylation sites is 2. The Balaban J connectivity index is 1.59. The molecule has 0 atom stereocenters. The Kier molecular flexibility index (Phi) is 5.34. The fraction of sp³-hybridized carbons (Fsp3) is 0.100. The molecular formula is C30H23N3O3. The Labute approximate surface area is 207 Å². The van der Waals surface area contributed by atoms with Crippen LogP contribution in [0.3, 0.4) is 0 Å². The van der Waals surface area contributed by atoms with E-state index in [0.29, 0.717) is 33.8 Å². The van der Waals surface area contributed by atoms with Crippen molar-refractivity contribution in [1.29, 1.82) is 0 Å². The number of rotatable bonds is 5. The highest BCUT2D eigenvalue weighted by Crippen LogP contribution is 2.29. The van der Waals surface area contributed by atoms with Crippen LogP contribution in [0.5, 0.6) is 5.75 Å². The molecule has 0 radical (unpaired) electrons. The van der Waals surface area contributed by atoms with Gasteiger partial charge in [-0.05, 0) is 55.0 Å². The van der Waals surface area contributed by atoms with Crippen LogP contribution < -0.4 is 10.3 Å². The molecule has 6 nitrogen and oxygen atoms in total. The van der Waals surface area contributed by atoms with E-state index < -0.39 is 0 Å². The number of nitrogens with zero attached hydrogens (tertiary/aromatic N) is 3. The van der Waals surface area contributed by atoms with E-state index in [0.717, 1.165) is 21.7 Å². The van der Waals surface area contributed by atoms with Gasteiger partial charge < -0.3 is 9.15 Å². The molecule has 0 N–H and O–H groups in total. The van der Waals surface area contributed by atoms with Crippen LogP contribution in [0.1, 0.15) is 19.4 Å². The second-order valence-corrected chi connectivity index (χ2v) is 8.83. The largest absolute Gasteiger partial charge is 0.490 e. The zero-order valence-electron chi connectivity index (χ0n) is 19.9. The van der Waals surface area contributed by atoms with Gasteiger partial charge in [0.05, 0.1) is 23.2 Å². The lowest BCUT2D eigenvalue weighted by atomic mass is 10.0. The first-order valence-corrected chi connectivity index (χ1v) is 11.8. The predicted molar refractivity (Wildman–Crippen MR) is 144 cm³/mol. The van der Waals surface area contributed by atoms with Gasteiger partial charge in [-0.25, -0.2) is 4.98 Å². The van der Waals surface area contributed by atoms with Gasteiger partial charge in [0.15, 0.2) is 5.76 Å². The third-order valence-corrected chi connectivity index (χ3v) is 6.00. The summed E-state index contributed by atoms with van der Waals surface area (Å²) in [4.78, 5) is 18.4. The number of fused-ring (bicyclic) bond motifs is 3. The second-order valence-electron chi connectivity index (χ2n) is 8.83. The molecular weight excluding hydrogens is 450 g/mol. The lowest BCUT2D eigenvalue weighted by Gasteiger charge is -2.14. The van der Waals surface area contributed by atoms with E-state index in [-0.39, 0.29) is 11.7 Å². The third-order valence-electron chi connectivity index (χ3n) is 6.00. The lowest BCUT2D eigenvalue weighted by Crippen LogP contribution is -2.20. The summed E-state index contributed by atoms with van der Waals surface area (Å²) in [6, 6.07) is 28.8. The normalized spacial score (nSPS) is 11.9. The van der Waals surface area contributed by atoms with Crippen LogP contribution in [0.15, 0.2) is 105 Å². The van der Waals surface area contributed by atoms with Gasteiger partial charge in [0, 0.05) is 10.9 Å². The average Bonchev–Trinajstić information content (AvgIpc) is 3.33. The molecule has 0 spiro atoms. The lowest BCUT2D eigenvalue weighted by molar-refractivity contribution is 0.242. The summed E-state index contributed by atoms with van der Waals surface area (Å²) in [5.41, 5.74) is 1.81. The van der Waals surface area contributed by atoms with Gasteiger partial charge in [0.1, 0.15) is 11.3 Å². The number of aromatic nitrogens is 2. The van der Waals surface area contributed by atoms with Crippen molar-refractivity contribution in [3.63, 3.8) is 0 Å². The number of hydrogen-bond donors (Lipinski definition) is 0. The minimum atomic E-state index is -0.279. The van der Waals surface area contributed by atoms with Gasteiger partial charge in [-0.1, -0.05) is 60.7 Å². The minimum absolute atomic E-state index is 0.0190. The molecule has 0 bridgehead atoms. The number of hydrogen-bond acceptors (Lipinski definition) is 5. The van der Waals surface area contributed by atoms with Crippen LogP contribution in [-0.2, 0) is 0 Å². The molecule has 0 saturated heterocycles. The van der Waals surface area contributed by atoms with E-state index in [2.05, 4.69) is 5.10 Å². The van der Waals surface area contributed by atoms with E-state index in [4.69, 9.17) is 14.1 Å². The molecule has 6 heteroatoms. The zero-order valence-corrected chi connectivity index (χ0v) is 19.9. The van der Waals surface area contributed by atoms with Crippen molar-refractivity contribution in [3.05, 3.63) is 107 Å². The van der Waals surface area contributed by atoms with Crippen molar-refractivity contribution in [1.82, 2.24) is 9.66 Å². The van der Waals surface area contributed by atoms with Gasteiger partial charge in [0.25, 0.3) is 5.56 Å². The standard InChI is InChI=1S/C30H23N3O3/c1-19(2)35-27-16-15-20-9-3-5-11-22(20)24(27)18-31-33-29(28-17-21-10-4-8-14-26(21)36-28)32-25-13-7-6-12-23(25)30(33)34/h3-19H,1-2H3. The van der Waals surface area contributed by atoms with Gasteiger partial charge in [-0.2, -0.15) is 9.78 Å². The van der Waals surface area contributed by atoms with Gasteiger partial charge >= 0.3 is 0 Å². The van der Waals surface area contributed by atoms with E-state index in [1.807, 2.05) is 98.8 Å². The Morgan fingerprint density at radius 1 is 0.889 bits per heavy atom. The topological polar surface area (TPSA) is 69.6 Å². The molecule has 6 aromatic rings. The fourth-order valence-electron chi connectivity index (χ4n) is 4.36. The smallest absolute Gasteiger partial charge is 0.282 e. The molecule has 0 amide bonds. The minimum Gasteiger partial charge on any atom is -0.490 e. The predicted octanol–water partition coefficient (Wildman–Crippen LogP) is 6.63. The van der Waals surface area contributed by atoms with E-state index >= 15 is 0 Å². The molecule has 36 heavy (non-hydrogen) atoms. The molecule has 0 fully saturated rings. The Morgan fingerprint density at radius 3 is 2.42 bits per heavy atom. The van der Waals surface area contributed by atoms with Crippen molar-refractivity contribution < 1.29 is 9.15 Å². The maximum absolute atomic E-state index is 13.6. The molecule has 0 aliphatic rings. The third kappa shape index (κ3) is 3.82. The van der Waals surface area contributed by atoms with Crippen molar-refractivity contribution in [2.75, 3.05) is 0 Å². The van der Waals surface area contributed by atoms with Crippen LogP contribution in [0, 0.1) is 0 Å². The summed E-state index contributed by atoms with van der Waals surface area (Å²) in [6.45, 7) is 3.96. The quantitative estimate of drug-likeness (QED) is 0.264. The van der Waals surface area contributed by atoms with Crippen LogP contribution in [0.4, 0.5) is 0 Å². The fourth-order valence-corrected chi connectivity index (χ4v) is 4.36. The van der Waals surface area contributed by atoms with Crippen molar-refractivity contribution in [2.24, 2.45) is 5.10 Å². The van der Waals surface area contributed by atoms with Crippen molar-refractivity contribution in [3.8, 4) is 17.3 Å². The molecule has 176 valence electrons. The first-order chi connectivity index (χ1) is 17.6. The molecule has 2 aromatic heterocycles. The molecule has 4 aromatic carbocycles. The molecule has 0 saturated carbocycles. The van der Waals surface area contributed by atoms with Crippen LogP contribution in [0.2, 0.25) is 0 Å². The highest BCUT2D eigenvalue weighted by molar-refractivity contribution is 6.02. The van der Waals surface area contributed by atoms with Crippen molar-refractivity contribution >= 4 is 38.9 Å². The van der Waals surface area contributed by atoms with E-state index in [1.54, 1.807) is 12.3 Å². The zero-order chi connectivity index (χ0) is 24.6. The Morgan fingerprint density at radius 2 is 1.61 bits per heavy atom. The number of benzene rings is 4. The summed E-state index contributed by atoms with van der Waals surface area (Å²) < 4.78 is 13.5. The summed E-state index contributed by atoms with van der Waals surface area (Å²) >= 11 is 0. The highest BCUT2D eigenvalue weighted by Gasteiger charge is 2.17. The summed E-state index contributed by atoms with van der Waals surface area (Å²) in [5.74, 6) is 1.49. The average molecular weight is 474 g/mol. The SMILES string of the molecule is CC(C)Oc1ccc2ccccc2c1C=Nn1c(-c2cc3ccccc3o2)nc2ccccc2c1=O. The van der Waals surface area contributed by atoms with E-state index in [1.165, 1.54) is 4.68 Å². The van der Waals surface area contributed by atoms with Crippen LogP contribution in [0.25, 0.3) is 44.2 Å². The number of ether oxygens (including phenoxy) is 1. The summed E-state index contributed by atoms with van der Waals surface area (Å²) in [7, 11) is 0. The maximum Gasteiger partial charge on any atom is 0.282 e. The molecule has 0 unspecified atom stereocenters. The molecule has 6 rings (SSSR count). The van der Waals surface area contributed by atoms with Crippen molar-refractivity contribution in [2.45, 2.75) is 20.0 Å². The second kappa shape index (κ2) is 8.82. The summed E-state index contributed by atoms with van der Waals surface area (Å²) in [5, 5.41) is 8.10. The molecule has 2 heterocycles. The monoisotopic (exact) mass is 473 g/mol. The number of furan rings is 1. The first-order valence-electron chi connectivity index (χ1n) is 11.8. The van der Waals surface area contributed by atoms with Crippen LogP contribution >= 0.6 is 0 Å². The maximum atomic E-state index is 13.6. The highest BCUT2D eigenvalue weighted by atomic mass is 16.5. The van der Waals surface area contributed by atoms with E-state index in [9.17, 15) is 4.79 Å². The van der Waals surface area contributed by atoms with Gasteiger partial charge in [-0.3, -0.25) is 4.79 Å². The van der Waals surface area contributed by atoms with Gasteiger partial charge in [-0.15, -0.1) is 0 Å². The molecule has 0 aliphatic heterocycles. The Bertz CT molecular complexity index is 1800. The Hall–Kier alpha value is -4.71. The molecule has 0 aliphatic carbocycles. The van der Waals surface area contributed by atoms with Crippen LogP contribution in [-0.4, -0.2) is 22.0 Å². The first kappa shape index (κ1) is 21.8.